The van der Waals surface area contributed by atoms with Gasteiger partial charge in [0.15, 0.2) is 0 Å². The largest absolute Gasteiger partial charge is 0.0846 e. The van der Waals surface area contributed by atoms with Gasteiger partial charge in [0, 0.05) is 15.6 Å². The minimum absolute atomic E-state index is 0.475. The summed E-state index contributed by atoms with van der Waals surface area (Å²) in [7, 11) is 4.48. The van der Waals surface area contributed by atoms with Crippen LogP contribution < -0.4 is 0 Å². The molecular weight excluding hydrogens is 304 g/mol. The molecule has 1 heterocycles. The monoisotopic (exact) mass is 334 g/mol. The van der Waals surface area contributed by atoms with E-state index in [4.69, 9.17) is 0 Å². The van der Waals surface area contributed by atoms with E-state index >= 15 is 0 Å². The van der Waals surface area contributed by atoms with E-state index in [0.717, 1.165) is 23.0 Å². The molecule has 3 fully saturated rings. The minimum Gasteiger partial charge on any atom is -0.0846 e. The molecule has 0 spiro atoms. The van der Waals surface area contributed by atoms with Crippen LogP contribution in [0.2, 0.25) is 0 Å². The van der Waals surface area contributed by atoms with Gasteiger partial charge in [-0.25, -0.2) is 0 Å². The van der Waals surface area contributed by atoms with Gasteiger partial charge in [0.2, 0.25) is 0 Å². The fourth-order valence-corrected chi connectivity index (χ4v) is 12.1. The van der Waals surface area contributed by atoms with Crippen molar-refractivity contribution in [1.29, 1.82) is 0 Å². The maximum absolute atomic E-state index is 2.62. The molecule has 5 rings (SSSR count). The lowest BCUT2D eigenvalue weighted by Crippen LogP contribution is -2.37. The van der Waals surface area contributed by atoms with E-state index in [-0.39, 0.29) is 0 Å². The molecule has 6 atom stereocenters. The molecule has 0 aromatic rings. The summed E-state index contributed by atoms with van der Waals surface area (Å²) in [6.07, 6.45) is 5.84. The summed E-state index contributed by atoms with van der Waals surface area (Å²) in [6.45, 7) is 15.5. The van der Waals surface area contributed by atoms with Crippen molar-refractivity contribution in [2.45, 2.75) is 72.5 Å². The van der Waals surface area contributed by atoms with E-state index in [9.17, 15) is 0 Å². The van der Waals surface area contributed by atoms with Crippen LogP contribution in [0.4, 0.5) is 0 Å². The maximum Gasteiger partial charge on any atom is 0.0282 e. The first-order valence-corrected chi connectivity index (χ1v) is 11.5. The highest BCUT2D eigenvalue weighted by Crippen LogP contribution is 2.82. The smallest absolute Gasteiger partial charge is 0.0282 e. The van der Waals surface area contributed by atoms with Gasteiger partial charge in [-0.2, -0.15) is 0 Å². The van der Waals surface area contributed by atoms with Crippen molar-refractivity contribution >= 4 is 21.6 Å². The van der Waals surface area contributed by atoms with E-state index in [0.29, 0.717) is 21.7 Å². The molecule has 0 nitrogen and oxygen atoms in total. The van der Waals surface area contributed by atoms with Crippen LogP contribution in [0, 0.1) is 39.4 Å². The van der Waals surface area contributed by atoms with E-state index in [1.807, 2.05) is 10.5 Å². The van der Waals surface area contributed by atoms with Crippen LogP contribution in [-0.4, -0.2) is 5.25 Å². The maximum atomic E-state index is 2.62. The van der Waals surface area contributed by atoms with E-state index < -0.39 is 0 Å². The number of fused-ring (bicyclic) bond motifs is 10. The molecule has 122 valence electrons. The Morgan fingerprint density at radius 2 is 1.64 bits per heavy atom. The molecule has 22 heavy (non-hydrogen) atoms. The number of hydrogen-bond donors (Lipinski definition) is 0. The zero-order valence-corrected chi connectivity index (χ0v) is 16.6. The van der Waals surface area contributed by atoms with Crippen LogP contribution in [0.1, 0.15) is 67.2 Å². The van der Waals surface area contributed by atoms with Gasteiger partial charge in [0.05, 0.1) is 0 Å². The zero-order chi connectivity index (χ0) is 15.7. The van der Waals surface area contributed by atoms with Crippen molar-refractivity contribution in [2.24, 2.45) is 39.4 Å². The standard InChI is InChI=1S/C20H30S2/c1-17(2)11-7-9-19(17,5)15-13(11)14-12-8-10-20(6,18(12,3)4)16(14)22-21-15/h11-13,15H,7-10H2,1-6H3/t11-,12-,13+,15-,19+,20+/m1/s1. The summed E-state index contributed by atoms with van der Waals surface area (Å²) >= 11 is 0. The molecule has 0 radical (unpaired) electrons. The van der Waals surface area contributed by atoms with Crippen LogP contribution in [0.25, 0.3) is 0 Å². The van der Waals surface area contributed by atoms with Gasteiger partial charge in [-0.15, -0.1) is 0 Å². The third kappa shape index (κ3) is 1.22. The molecule has 2 heteroatoms. The van der Waals surface area contributed by atoms with Crippen molar-refractivity contribution in [1.82, 2.24) is 0 Å². The zero-order valence-electron chi connectivity index (χ0n) is 15.0. The number of hydrogen-bond acceptors (Lipinski definition) is 2. The minimum atomic E-state index is 0.475. The summed E-state index contributed by atoms with van der Waals surface area (Å²) in [5.41, 5.74) is 4.03. The van der Waals surface area contributed by atoms with Gasteiger partial charge >= 0.3 is 0 Å². The molecule has 0 aromatic carbocycles. The SMILES string of the molecule is CC1(C)[C@@H]2CC[C@@]1(C)C1=C2[C@@H]2[C@H]3CC[C@@](C)([C@@H]2SS1)C3(C)C. The van der Waals surface area contributed by atoms with Crippen molar-refractivity contribution in [3.05, 3.63) is 10.5 Å². The summed E-state index contributed by atoms with van der Waals surface area (Å²) in [5.74, 6) is 2.73. The highest BCUT2D eigenvalue weighted by Gasteiger charge is 2.72. The first-order chi connectivity index (χ1) is 10.2. The molecule has 4 aliphatic carbocycles. The van der Waals surface area contributed by atoms with Gasteiger partial charge in [0.1, 0.15) is 0 Å². The van der Waals surface area contributed by atoms with Crippen LogP contribution in [0.3, 0.4) is 0 Å². The van der Waals surface area contributed by atoms with Crippen molar-refractivity contribution in [3.63, 3.8) is 0 Å². The van der Waals surface area contributed by atoms with E-state index in [1.54, 1.807) is 0 Å². The molecule has 3 saturated carbocycles. The molecule has 4 bridgehead atoms. The van der Waals surface area contributed by atoms with Crippen LogP contribution >= 0.6 is 21.6 Å². The Morgan fingerprint density at radius 1 is 0.909 bits per heavy atom. The molecular formula is C20H30S2. The lowest BCUT2D eigenvalue weighted by atomic mass is 9.69. The highest BCUT2D eigenvalue weighted by molar-refractivity contribution is 8.78. The van der Waals surface area contributed by atoms with Gasteiger partial charge in [-0.3, -0.25) is 0 Å². The average molecular weight is 335 g/mol. The lowest BCUT2D eigenvalue weighted by Gasteiger charge is -2.44. The molecule has 5 aliphatic rings. The van der Waals surface area contributed by atoms with Gasteiger partial charge in [0.25, 0.3) is 0 Å². The van der Waals surface area contributed by atoms with Crippen LogP contribution in [0.5, 0.6) is 0 Å². The first kappa shape index (κ1) is 14.8. The molecule has 0 unspecified atom stereocenters. The summed E-state index contributed by atoms with van der Waals surface area (Å²) < 4.78 is 0. The van der Waals surface area contributed by atoms with E-state index in [2.05, 4.69) is 63.1 Å². The summed E-state index contributed by atoms with van der Waals surface area (Å²) in [4.78, 5) is 1.84. The topological polar surface area (TPSA) is 0 Å². The van der Waals surface area contributed by atoms with Gasteiger partial charge in [-0.1, -0.05) is 68.7 Å². The third-order valence-electron chi connectivity index (χ3n) is 9.72. The van der Waals surface area contributed by atoms with Crippen LogP contribution in [-0.2, 0) is 0 Å². The second kappa shape index (κ2) is 3.82. The van der Waals surface area contributed by atoms with Crippen molar-refractivity contribution in [2.75, 3.05) is 0 Å². The Kier molecular flexibility index (Phi) is 2.56. The predicted molar refractivity (Wildman–Crippen MR) is 98.7 cm³/mol. The number of rotatable bonds is 0. The molecule has 0 amide bonds. The Morgan fingerprint density at radius 3 is 2.36 bits per heavy atom. The Bertz CT molecular complexity index is 601. The number of allylic oxidation sites excluding steroid dienone is 2. The molecule has 0 saturated heterocycles. The highest BCUT2D eigenvalue weighted by atomic mass is 33.1. The molecule has 1 aliphatic heterocycles. The second-order valence-corrected chi connectivity index (χ2v) is 12.7. The summed E-state index contributed by atoms with van der Waals surface area (Å²) in [6, 6.07) is 0. The summed E-state index contributed by atoms with van der Waals surface area (Å²) in [5, 5.41) is 0.878. The third-order valence-corrected chi connectivity index (χ3v) is 13.1. The molecule has 0 N–H and O–H groups in total. The first-order valence-electron chi connectivity index (χ1n) is 9.24. The average Bonchev–Trinajstić information content (AvgIpc) is 2.95. The van der Waals surface area contributed by atoms with Gasteiger partial charge in [-0.05, 0) is 59.7 Å². The quantitative estimate of drug-likeness (QED) is 0.462. The second-order valence-electron chi connectivity index (χ2n) is 10.3. The van der Waals surface area contributed by atoms with E-state index in [1.165, 1.54) is 25.7 Å². The fourth-order valence-electron chi connectivity index (χ4n) is 7.40. The van der Waals surface area contributed by atoms with Crippen molar-refractivity contribution < 1.29 is 0 Å². The lowest BCUT2D eigenvalue weighted by molar-refractivity contribution is 0.155. The van der Waals surface area contributed by atoms with Crippen LogP contribution in [0.15, 0.2) is 10.5 Å². The Balaban J connectivity index is 1.69. The fraction of sp³-hybridized carbons (Fsp3) is 0.900. The Labute approximate surface area is 144 Å². The van der Waals surface area contributed by atoms with Crippen molar-refractivity contribution in [3.8, 4) is 0 Å². The predicted octanol–water partition coefficient (Wildman–Crippen LogP) is 6.53. The van der Waals surface area contributed by atoms with Gasteiger partial charge < -0.3 is 0 Å². The Hall–Kier alpha value is 0.440. The normalized spacial score (nSPS) is 56.5. The molecule has 0 aromatic heterocycles.